The molecule has 0 atom stereocenters. The highest BCUT2D eigenvalue weighted by atomic mass is 35.5. The van der Waals surface area contributed by atoms with Crippen molar-refractivity contribution in [2.75, 3.05) is 5.43 Å². The molecule has 0 spiro atoms. The molecular weight excluding hydrogens is 277 g/mol. The fourth-order valence-electron chi connectivity index (χ4n) is 1.66. The van der Waals surface area contributed by atoms with Gasteiger partial charge in [0.25, 0.3) is 0 Å². The average molecular weight is 289 g/mol. The third kappa shape index (κ3) is 3.62. The first-order chi connectivity index (χ1) is 8.50. The molecule has 19 heavy (non-hydrogen) atoms. The number of nitrogens with two attached hydrogens (primary N) is 1. The lowest BCUT2D eigenvalue weighted by molar-refractivity contribution is -0.137. The van der Waals surface area contributed by atoms with Gasteiger partial charge in [0, 0.05) is 5.69 Å². The highest BCUT2D eigenvalue weighted by Crippen LogP contribution is 2.32. The number of anilines is 1. The molecule has 0 fully saturated rings. The van der Waals surface area contributed by atoms with E-state index in [1.807, 2.05) is 0 Å². The summed E-state index contributed by atoms with van der Waals surface area (Å²) in [6.07, 6.45) is -4.33. The zero-order valence-electron chi connectivity index (χ0n) is 9.74. The van der Waals surface area contributed by atoms with E-state index in [4.69, 9.17) is 5.84 Å². The van der Waals surface area contributed by atoms with E-state index in [1.165, 1.54) is 6.07 Å². The highest BCUT2D eigenvalue weighted by molar-refractivity contribution is 5.85. The number of hydrogen-bond acceptors (Lipinski definition) is 2. The fourth-order valence-corrected chi connectivity index (χ4v) is 1.66. The fraction of sp³-hybridized carbons (Fsp3) is 0.0769. The van der Waals surface area contributed by atoms with E-state index in [-0.39, 0.29) is 12.4 Å². The van der Waals surface area contributed by atoms with Gasteiger partial charge in [-0.3, -0.25) is 5.84 Å². The number of halogens is 4. The molecule has 0 aromatic heterocycles. The quantitative estimate of drug-likeness (QED) is 0.645. The molecule has 2 nitrogen and oxygen atoms in total. The number of hydrogen-bond donors (Lipinski definition) is 2. The molecular formula is C13H12ClF3N2. The van der Waals surface area contributed by atoms with Crippen molar-refractivity contribution in [3.05, 3.63) is 54.1 Å². The number of nitrogen functional groups attached to an aromatic ring is 1. The maximum Gasteiger partial charge on any atom is 0.416 e. The van der Waals surface area contributed by atoms with Crippen molar-refractivity contribution < 1.29 is 13.2 Å². The van der Waals surface area contributed by atoms with Crippen molar-refractivity contribution in [2.24, 2.45) is 5.84 Å². The number of rotatable bonds is 2. The standard InChI is InChI=1S/C13H11F3N2.ClH/c14-13(15,16)11-5-1-3-9(7-11)10-4-2-6-12(8-10)18-17;/h1-8,18H,17H2;1H. The van der Waals surface area contributed by atoms with E-state index < -0.39 is 11.7 Å². The lowest BCUT2D eigenvalue weighted by atomic mass is 10.0. The Bertz CT molecular complexity index is 556. The lowest BCUT2D eigenvalue weighted by Gasteiger charge is -2.09. The molecule has 2 aromatic rings. The normalized spacial score (nSPS) is 10.7. The molecule has 0 aliphatic rings. The molecule has 2 aromatic carbocycles. The average Bonchev–Trinajstić information content (AvgIpc) is 2.38. The van der Waals surface area contributed by atoms with Crippen molar-refractivity contribution in [1.82, 2.24) is 0 Å². The molecule has 0 saturated heterocycles. The second kappa shape index (κ2) is 5.95. The van der Waals surface area contributed by atoms with E-state index in [2.05, 4.69) is 5.43 Å². The van der Waals surface area contributed by atoms with Crippen LogP contribution in [0.5, 0.6) is 0 Å². The van der Waals surface area contributed by atoms with E-state index in [0.717, 1.165) is 12.1 Å². The minimum atomic E-state index is -4.33. The lowest BCUT2D eigenvalue weighted by Crippen LogP contribution is -2.06. The molecule has 0 unspecified atom stereocenters. The Hall–Kier alpha value is -1.72. The molecule has 0 radical (unpaired) electrons. The summed E-state index contributed by atoms with van der Waals surface area (Å²) in [6, 6.07) is 12.1. The molecule has 3 N–H and O–H groups in total. The largest absolute Gasteiger partial charge is 0.416 e. The summed E-state index contributed by atoms with van der Waals surface area (Å²) in [5.41, 5.74) is 3.62. The highest BCUT2D eigenvalue weighted by Gasteiger charge is 2.30. The maximum atomic E-state index is 12.6. The minimum absolute atomic E-state index is 0. The summed E-state index contributed by atoms with van der Waals surface area (Å²) >= 11 is 0. The summed E-state index contributed by atoms with van der Waals surface area (Å²) in [6.45, 7) is 0. The molecule has 0 aliphatic heterocycles. The third-order valence-electron chi connectivity index (χ3n) is 2.55. The van der Waals surface area contributed by atoms with Crippen LogP contribution in [0.4, 0.5) is 18.9 Å². The van der Waals surface area contributed by atoms with Crippen LogP contribution in [0.15, 0.2) is 48.5 Å². The molecule has 0 bridgehead atoms. The van der Waals surface area contributed by atoms with Crippen LogP contribution in [-0.2, 0) is 6.18 Å². The molecule has 0 saturated carbocycles. The Balaban J connectivity index is 0.00000180. The maximum absolute atomic E-state index is 12.6. The topological polar surface area (TPSA) is 38.0 Å². The number of benzene rings is 2. The van der Waals surface area contributed by atoms with Crippen LogP contribution in [0.25, 0.3) is 11.1 Å². The summed E-state index contributed by atoms with van der Waals surface area (Å²) in [5, 5.41) is 0. The predicted octanol–water partition coefficient (Wildman–Crippen LogP) is 4.08. The van der Waals surface area contributed by atoms with Gasteiger partial charge in [0.05, 0.1) is 5.56 Å². The van der Waals surface area contributed by atoms with Gasteiger partial charge in [-0.2, -0.15) is 13.2 Å². The van der Waals surface area contributed by atoms with Gasteiger partial charge in [-0.15, -0.1) is 12.4 Å². The summed E-state index contributed by atoms with van der Waals surface area (Å²) in [5.74, 6) is 5.27. The first-order valence-corrected chi connectivity index (χ1v) is 5.25. The van der Waals surface area contributed by atoms with Gasteiger partial charge in [-0.1, -0.05) is 24.3 Å². The second-order valence-electron chi connectivity index (χ2n) is 3.80. The molecule has 102 valence electrons. The SMILES string of the molecule is Cl.NNc1cccc(-c2cccc(C(F)(F)F)c2)c1. The van der Waals surface area contributed by atoms with Crippen LogP contribution in [0, 0.1) is 0 Å². The molecule has 2 rings (SSSR count). The van der Waals surface area contributed by atoms with Gasteiger partial charge < -0.3 is 5.43 Å². The Morgan fingerprint density at radius 2 is 1.47 bits per heavy atom. The van der Waals surface area contributed by atoms with Crippen LogP contribution < -0.4 is 11.3 Å². The van der Waals surface area contributed by atoms with Gasteiger partial charge in [0.1, 0.15) is 0 Å². The van der Waals surface area contributed by atoms with Crippen LogP contribution in [0.2, 0.25) is 0 Å². The molecule has 0 aliphatic carbocycles. The number of alkyl halides is 3. The molecule has 6 heteroatoms. The Morgan fingerprint density at radius 3 is 2.05 bits per heavy atom. The molecule has 0 amide bonds. The smallest absolute Gasteiger partial charge is 0.324 e. The Kier molecular flexibility index (Phi) is 4.80. The van der Waals surface area contributed by atoms with Crippen LogP contribution >= 0.6 is 12.4 Å². The summed E-state index contributed by atoms with van der Waals surface area (Å²) in [7, 11) is 0. The van der Waals surface area contributed by atoms with Gasteiger partial charge in [0.2, 0.25) is 0 Å². The van der Waals surface area contributed by atoms with Gasteiger partial charge in [0.15, 0.2) is 0 Å². The van der Waals surface area contributed by atoms with E-state index in [0.29, 0.717) is 16.8 Å². The Morgan fingerprint density at radius 1 is 0.895 bits per heavy atom. The molecule has 0 heterocycles. The number of nitrogens with one attached hydrogen (secondary N) is 1. The van der Waals surface area contributed by atoms with Gasteiger partial charge >= 0.3 is 6.18 Å². The number of hydrazine groups is 1. The van der Waals surface area contributed by atoms with Crippen molar-refractivity contribution in [3.8, 4) is 11.1 Å². The van der Waals surface area contributed by atoms with Crippen LogP contribution in [-0.4, -0.2) is 0 Å². The van der Waals surface area contributed by atoms with Crippen molar-refractivity contribution in [1.29, 1.82) is 0 Å². The zero-order chi connectivity index (χ0) is 13.2. The zero-order valence-corrected chi connectivity index (χ0v) is 10.6. The van der Waals surface area contributed by atoms with Crippen LogP contribution in [0.3, 0.4) is 0 Å². The predicted molar refractivity (Wildman–Crippen MR) is 71.9 cm³/mol. The van der Waals surface area contributed by atoms with Gasteiger partial charge in [-0.25, -0.2) is 0 Å². The van der Waals surface area contributed by atoms with Crippen molar-refractivity contribution in [3.63, 3.8) is 0 Å². The summed E-state index contributed by atoms with van der Waals surface area (Å²) < 4.78 is 37.8. The van der Waals surface area contributed by atoms with Gasteiger partial charge in [-0.05, 0) is 35.4 Å². The van der Waals surface area contributed by atoms with Crippen LogP contribution in [0.1, 0.15) is 5.56 Å². The first-order valence-electron chi connectivity index (χ1n) is 5.25. The van der Waals surface area contributed by atoms with E-state index >= 15 is 0 Å². The van der Waals surface area contributed by atoms with Crippen molar-refractivity contribution >= 4 is 18.1 Å². The minimum Gasteiger partial charge on any atom is -0.324 e. The third-order valence-corrected chi connectivity index (χ3v) is 2.55. The summed E-state index contributed by atoms with van der Waals surface area (Å²) in [4.78, 5) is 0. The first kappa shape index (κ1) is 15.3. The van der Waals surface area contributed by atoms with E-state index in [9.17, 15) is 13.2 Å². The van der Waals surface area contributed by atoms with E-state index in [1.54, 1.807) is 30.3 Å². The second-order valence-corrected chi connectivity index (χ2v) is 3.80. The van der Waals surface area contributed by atoms with Crippen molar-refractivity contribution in [2.45, 2.75) is 6.18 Å². The monoisotopic (exact) mass is 288 g/mol. The Labute approximate surface area is 114 Å².